The molecule has 0 aromatic carbocycles. The summed E-state index contributed by atoms with van der Waals surface area (Å²) in [6, 6.07) is 1.06. The quantitative estimate of drug-likeness (QED) is 0.601. The maximum absolute atomic E-state index is 3.18. The molecule has 0 rings (SSSR count). The van der Waals surface area contributed by atoms with Gasteiger partial charge in [-0.15, -0.1) is 74.4 Å². The number of hydrogen-bond acceptors (Lipinski definition) is 0. The van der Waals surface area contributed by atoms with Crippen LogP contribution in [0.4, 0.5) is 0 Å². The summed E-state index contributed by atoms with van der Waals surface area (Å²) in [5, 5.41) is 0. The lowest BCUT2D eigenvalue weighted by molar-refractivity contribution is 1.48. The smallest absolute Gasteiger partial charge is 0.0219 e. The molecule has 0 aliphatic carbocycles. The van der Waals surface area contributed by atoms with Gasteiger partial charge in [-0.1, -0.05) is 19.5 Å². The van der Waals surface area contributed by atoms with Crippen LogP contribution in [0, 0.1) is 0 Å². The highest BCUT2D eigenvalue weighted by Gasteiger charge is 1.37. The second kappa shape index (κ2) is 151. The fourth-order valence-electron chi connectivity index (χ4n) is 0. The Morgan fingerprint density at radius 2 is 0.727 bits per heavy atom. The van der Waals surface area contributed by atoms with E-state index in [-0.39, 0.29) is 74.4 Å². The molecule has 0 aromatic heterocycles. The molecular weight excluding hydrogens is 305 g/mol. The third-order valence-corrected chi connectivity index (χ3v) is 0. The first-order valence-electron chi connectivity index (χ1n) is 1.56. The second-order valence-corrected chi connectivity index (χ2v) is 1.06. The van der Waals surface area contributed by atoms with E-state index < -0.39 is 0 Å². The average Bonchev–Trinajstić information content (AvgIpc) is 1.46. The van der Waals surface area contributed by atoms with Gasteiger partial charge in [0.15, 0.2) is 0 Å². The number of hydrogen-bond donors (Lipinski definition) is 0. The van der Waals surface area contributed by atoms with Crippen molar-refractivity contribution in [3.63, 3.8) is 0 Å². The van der Waals surface area contributed by atoms with Crippen molar-refractivity contribution in [2.45, 2.75) is 19.5 Å². The first kappa shape index (κ1) is 72.9. The van der Waals surface area contributed by atoms with Crippen molar-refractivity contribution in [2.24, 2.45) is 0 Å². The molecule has 0 spiro atoms. The molecule has 0 bridgehead atoms. The van der Waals surface area contributed by atoms with Gasteiger partial charge in [-0.25, -0.2) is 0 Å². The van der Waals surface area contributed by atoms with Gasteiger partial charge in [-0.2, -0.15) is 0 Å². The van der Waals surface area contributed by atoms with Crippen molar-refractivity contribution in [3.05, 3.63) is 0 Å². The molecule has 0 nitrogen and oxygen atoms in total. The van der Waals surface area contributed by atoms with Crippen molar-refractivity contribution in [2.75, 3.05) is 0 Å². The Morgan fingerprint density at radius 1 is 0.727 bits per heavy atom. The Hall–Kier alpha value is 2.17. The zero-order chi connectivity index (χ0) is 4.71. The van der Waals surface area contributed by atoms with Gasteiger partial charge >= 0.3 is 0 Å². The Labute approximate surface area is 114 Å². The highest BCUT2D eigenvalue weighted by atomic mass is 35.5. The normalized spacial score (nSPS) is 2.18. The third kappa shape index (κ3) is 267. The van der Waals surface area contributed by atoms with Gasteiger partial charge < -0.3 is 0 Å². The molecule has 0 fully saturated rings. The van der Waals surface area contributed by atoms with Gasteiger partial charge in [-0.3, -0.25) is 0 Å². The van der Waals surface area contributed by atoms with E-state index in [0.717, 1.165) is 6.04 Å². The van der Waals surface area contributed by atoms with E-state index in [1.54, 1.807) is 6.55 Å². The molecule has 0 saturated carbocycles. The van der Waals surface area contributed by atoms with E-state index in [0.29, 0.717) is 0 Å². The first-order valence-corrected chi connectivity index (χ1v) is 3.27. The van der Waals surface area contributed by atoms with Gasteiger partial charge in [0.2, 0.25) is 0 Å². The highest BCUT2D eigenvalue weighted by Crippen LogP contribution is 1.49. The minimum atomic E-state index is 0. The monoisotopic (exact) mass is 316 g/mol. The lowest BCUT2D eigenvalue weighted by Crippen LogP contribution is -1.41. The molecule has 6 radical (unpaired) electrons. The van der Waals surface area contributed by atoms with E-state index in [9.17, 15) is 0 Å². The molecule has 0 aliphatic heterocycles. The van der Waals surface area contributed by atoms with Crippen molar-refractivity contribution in [1.82, 2.24) is 0 Å². The molecule has 76 valence electrons. The van der Waals surface area contributed by atoms with E-state index in [1.165, 1.54) is 0 Å². The van der Waals surface area contributed by atoms with Crippen LogP contribution in [-0.2, 0) is 0 Å². The summed E-state index contributed by atoms with van der Waals surface area (Å²) in [4.78, 5) is 0. The van der Waals surface area contributed by atoms with Gasteiger partial charge in [-0.05, 0) is 0 Å². The molecule has 0 N–H and O–H groups in total. The molecular formula is C3H14Cl6Si2. The van der Waals surface area contributed by atoms with E-state index in [2.05, 4.69) is 20.5 Å². The molecule has 0 heterocycles. The summed E-state index contributed by atoms with van der Waals surface area (Å²) < 4.78 is 0. The van der Waals surface area contributed by atoms with Crippen LogP contribution in [0.3, 0.4) is 0 Å². The number of halogens is 6. The fraction of sp³-hybridized carbons (Fsp3) is 1.00. The van der Waals surface area contributed by atoms with E-state index in [4.69, 9.17) is 0 Å². The second-order valence-electron chi connectivity index (χ2n) is 0.354. The van der Waals surface area contributed by atoms with E-state index in [1.807, 2.05) is 6.92 Å². The molecule has 0 unspecified atom stereocenters. The Morgan fingerprint density at radius 3 is 0.727 bits per heavy atom. The van der Waals surface area contributed by atoms with Crippen LogP contribution in [0.2, 0.25) is 12.6 Å². The van der Waals surface area contributed by atoms with Crippen molar-refractivity contribution < 1.29 is 0 Å². The average molecular weight is 319 g/mol. The maximum Gasteiger partial charge on any atom is 0.0219 e. The molecule has 0 aliphatic rings. The summed E-state index contributed by atoms with van der Waals surface area (Å²) >= 11 is 0. The predicted octanol–water partition coefficient (Wildman–Crippen LogP) is 3.33. The molecule has 0 atom stereocenters. The minimum absolute atomic E-state index is 0. The van der Waals surface area contributed by atoms with Crippen LogP contribution in [0.25, 0.3) is 0 Å². The zero-order valence-corrected chi connectivity index (χ0v) is 13.1. The van der Waals surface area contributed by atoms with Crippen molar-refractivity contribution in [1.29, 1.82) is 0 Å². The van der Waals surface area contributed by atoms with Gasteiger partial charge in [0.05, 0.1) is 0 Å². The lowest BCUT2D eigenvalue weighted by atomic mass is 11.0. The molecule has 0 amide bonds. The predicted molar refractivity (Wildman–Crippen MR) is 71.3 cm³/mol. The van der Waals surface area contributed by atoms with Crippen LogP contribution in [0.15, 0.2) is 0 Å². The van der Waals surface area contributed by atoms with Crippen LogP contribution in [0.1, 0.15) is 6.92 Å². The summed E-state index contributed by atoms with van der Waals surface area (Å²) in [6.45, 7) is 3.84. The van der Waals surface area contributed by atoms with Crippen LogP contribution < -0.4 is 0 Å². The molecule has 8 heteroatoms. The Balaban J connectivity index is -0.00000000181. The van der Waals surface area contributed by atoms with Gasteiger partial charge in [0.25, 0.3) is 0 Å². The Kier molecular flexibility index (Phi) is 1000. The van der Waals surface area contributed by atoms with E-state index >= 15 is 0 Å². The summed E-state index contributed by atoms with van der Waals surface area (Å²) in [5.41, 5.74) is 0. The van der Waals surface area contributed by atoms with Crippen molar-refractivity contribution in [3.8, 4) is 0 Å². The standard InChI is InChI=1S/C2H5Si.CH3Si.6ClH/c1-2-3;1-2;;;;;;/h2H2,1H3;1H3;6*1H. The molecule has 0 saturated heterocycles. The van der Waals surface area contributed by atoms with Crippen LogP contribution in [-0.4, -0.2) is 20.5 Å². The van der Waals surface area contributed by atoms with Crippen LogP contribution in [0.5, 0.6) is 0 Å². The minimum Gasteiger partial charge on any atom is -0.147 e. The summed E-state index contributed by atoms with van der Waals surface area (Å²) in [5.74, 6) is 0. The maximum atomic E-state index is 3.18. The molecule has 0 aromatic rings. The topological polar surface area (TPSA) is 0 Å². The summed E-state index contributed by atoms with van der Waals surface area (Å²) in [6.07, 6.45) is 0. The number of rotatable bonds is 0. The highest BCUT2D eigenvalue weighted by molar-refractivity contribution is 6.08. The lowest BCUT2D eigenvalue weighted by Gasteiger charge is -1.46. The largest absolute Gasteiger partial charge is 0.147 e. The third-order valence-electron chi connectivity index (χ3n) is 0. The first-order chi connectivity index (χ1) is 2.41. The molecule has 11 heavy (non-hydrogen) atoms. The van der Waals surface area contributed by atoms with Gasteiger partial charge in [0.1, 0.15) is 0 Å². The fourth-order valence-corrected chi connectivity index (χ4v) is 0. The Bertz CT molecular complexity index is 15.8. The van der Waals surface area contributed by atoms with Gasteiger partial charge in [0, 0.05) is 20.5 Å². The SMILES string of the molecule is CC[Si].C[Si].Cl.Cl.Cl.Cl.Cl.Cl. The summed E-state index contributed by atoms with van der Waals surface area (Å²) in [7, 11) is 6.16. The van der Waals surface area contributed by atoms with Crippen molar-refractivity contribution >= 4 is 94.9 Å². The zero-order valence-electron chi connectivity index (χ0n) is 6.16. The van der Waals surface area contributed by atoms with Crippen LogP contribution >= 0.6 is 74.4 Å².